The lowest BCUT2D eigenvalue weighted by atomic mass is 9.92. The lowest BCUT2D eigenvalue weighted by molar-refractivity contribution is -0.130. The van der Waals surface area contributed by atoms with Gasteiger partial charge in [0, 0.05) is 76.1 Å². The van der Waals surface area contributed by atoms with E-state index >= 15 is 0 Å². The second-order valence-corrected chi connectivity index (χ2v) is 7.18. The van der Waals surface area contributed by atoms with Crippen LogP contribution < -0.4 is 0 Å². The fourth-order valence-corrected chi connectivity index (χ4v) is 3.65. The van der Waals surface area contributed by atoms with Gasteiger partial charge in [0.05, 0.1) is 6.20 Å². The maximum Gasteiger partial charge on any atom is 0.224 e. The number of nitrogens with zero attached hydrogens (tertiary/aromatic N) is 5. The summed E-state index contributed by atoms with van der Waals surface area (Å²) in [6.07, 6.45) is 7.98. The Labute approximate surface area is 148 Å². The first-order chi connectivity index (χ1) is 12.0. The molecule has 2 aromatic rings. The first kappa shape index (κ1) is 17.7. The molecule has 0 spiro atoms. The van der Waals surface area contributed by atoms with Crippen LogP contribution in [0.5, 0.6) is 0 Å². The smallest absolute Gasteiger partial charge is 0.224 e. The second-order valence-electron chi connectivity index (χ2n) is 7.18. The summed E-state index contributed by atoms with van der Waals surface area (Å²) in [5, 5.41) is 13.9. The van der Waals surface area contributed by atoms with Crippen LogP contribution >= 0.6 is 0 Å². The molecule has 0 unspecified atom stereocenters. The molecule has 0 aromatic carbocycles. The van der Waals surface area contributed by atoms with E-state index in [1.54, 1.807) is 10.9 Å². The van der Waals surface area contributed by atoms with Crippen LogP contribution in [0.1, 0.15) is 43.5 Å². The average molecular weight is 345 g/mol. The molecular formula is C18H27N5O2. The highest BCUT2D eigenvalue weighted by Gasteiger charge is 2.36. The molecule has 1 fully saturated rings. The van der Waals surface area contributed by atoms with E-state index in [2.05, 4.69) is 28.5 Å². The Balaban J connectivity index is 1.62. The van der Waals surface area contributed by atoms with E-state index in [-0.39, 0.29) is 24.3 Å². The van der Waals surface area contributed by atoms with Crippen molar-refractivity contribution in [1.82, 2.24) is 24.2 Å². The van der Waals surface area contributed by atoms with Crippen LogP contribution in [0, 0.1) is 5.92 Å². The molecule has 1 saturated heterocycles. The molecule has 0 bridgehead atoms. The number of rotatable bonds is 6. The van der Waals surface area contributed by atoms with Gasteiger partial charge in [-0.2, -0.15) is 5.10 Å². The van der Waals surface area contributed by atoms with Crippen molar-refractivity contribution in [1.29, 1.82) is 0 Å². The Morgan fingerprint density at radius 1 is 1.40 bits per heavy atom. The number of hydrogen-bond acceptors (Lipinski definition) is 4. The number of carbonyl (C=O) groups is 1. The number of aliphatic hydroxyl groups excluding tert-OH is 1. The molecule has 1 amide bonds. The van der Waals surface area contributed by atoms with Crippen molar-refractivity contribution in [3.63, 3.8) is 0 Å². The lowest BCUT2D eigenvalue weighted by Gasteiger charge is -2.17. The van der Waals surface area contributed by atoms with Crippen molar-refractivity contribution in [3.05, 3.63) is 36.2 Å². The van der Waals surface area contributed by atoms with Gasteiger partial charge in [-0.25, -0.2) is 4.98 Å². The molecule has 3 rings (SSSR count). The Hall–Kier alpha value is -2.15. The first-order valence-corrected chi connectivity index (χ1v) is 8.87. The minimum atomic E-state index is 0.0765. The number of aromatic nitrogens is 4. The summed E-state index contributed by atoms with van der Waals surface area (Å²) >= 11 is 0. The van der Waals surface area contributed by atoms with E-state index in [1.807, 2.05) is 30.5 Å². The molecule has 2 atom stereocenters. The van der Waals surface area contributed by atoms with E-state index in [0.29, 0.717) is 32.0 Å². The molecule has 7 nitrogen and oxygen atoms in total. The Morgan fingerprint density at radius 3 is 2.84 bits per heavy atom. The second kappa shape index (κ2) is 7.39. The summed E-state index contributed by atoms with van der Waals surface area (Å²) in [7, 11) is 1.88. The van der Waals surface area contributed by atoms with Gasteiger partial charge in [0.2, 0.25) is 5.91 Å². The maximum absolute atomic E-state index is 12.7. The van der Waals surface area contributed by atoms with Gasteiger partial charge < -0.3 is 14.6 Å². The van der Waals surface area contributed by atoms with Gasteiger partial charge in [-0.3, -0.25) is 9.48 Å². The highest BCUT2D eigenvalue weighted by molar-refractivity contribution is 5.76. The summed E-state index contributed by atoms with van der Waals surface area (Å²) in [4.78, 5) is 18.9. The van der Waals surface area contributed by atoms with Crippen molar-refractivity contribution in [2.75, 3.05) is 19.7 Å². The van der Waals surface area contributed by atoms with Crippen molar-refractivity contribution in [2.45, 2.75) is 38.6 Å². The van der Waals surface area contributed by atoms with Crippen molar-refractivity contribution in [2.24, 2.45) is 13.0 Å². The summed E-state index contributed by atoms with van der Waals surface area (Å²) in [5.41, 5.74) is 1.09. The fourth-order valence-electron chi connectivity index (χ4n) is 3.65. The largest absolute Gasteiger partial charge is 0.396 e. The normalized spacial score (nSPS) is 20.6. The number of hydrogen-bond donors (Lipinski definition) is 1. The van der Waals surface area contributed by atoms with Gasteiger partial charge >= 0.3 is 0 Å². The molecule has 1 aliphatic heterocycles. The highest BCUT2D eigenvalue weighted by atomic mass is 16.3. The van der Waals surface area contributed by atoms with Crippen LogP contribution in [0.15, 0.2) is 24.8 Å². The van der Waals surface area contributed by atoms with Crippen molar-refractivity contribution >= 4 is 5.91 Å². The third-order valence-electron chi connectivity index (χ3n) is 5.01. The molecule has 1 N–H and O–H groups in total. The monoisotopic (exact) mass is 345 g/mol. The lowest BCUT2D eigenvalue weighted by Crippen LogP contribution is -2.30. The Morgan fingerprint density at radius 2 is 2.20 bits per heavy atom. The van der Waals surface area contributed by atoms with Crippen LogP contribution in [0.2, 0.25) is 0 Å². The van der Waals surface area contributed by atoms with Crippen molar-refractivity contribution < 1.29 is 9.90 Å². The summed E-state index contributed by atoms with van der Waals surface area (Å²) in [6.45, 7) is 6.19. The third-order valence-corrected chi connectivity index (χ3v) is 5.01. The Kier molecular flexibility index (Phi) is 5.22. The first-order valence-electron chi connectivity index (χ1n) is 8.87. The molecule has 1 aliphatic rings. The SMILES string of the molecule is CC(C)c1nccn1CCC(=O)N1C[C@@H](CO)[C@H](c2cnn(C)c2)C1. The number of aliphatic hydroxyl groups is 1. The van der Waals surface area contributed by atoms with E-state index in [4.69, 9.17) is 0 Å². The topological polar surface area (TPSA) is 76.2 Å². The van der Waals surface area contributed by atoms with Crippen LogP contribution in [-0.2, 0) is 18.4 Å². The third kappa shape index (κ3) is 3.76. The summed E-state index contributed by atoms with van der Waals surface area (Å²) < 4.78 is 3.82. The molecule has 0 saturated carbocycles. The van der Waals surface area contributed by atoms with Crippen LogP contribution in [-0.4, -0.2) is 54.9 Å². The molecule has 25 heavy (non-hydrogen) atoms. The molecule has 3 heterocycles. The van der Waals surface area contributed by atoms with Gasteiger partial charge in [0.15, 0.2) is 0 Å². The molecule has 7 heteroatoms. The predicted octanol–water partition coefficient (Wildman–Crippen LogP) is 1.36. The van der Waals surface area contributed by atoms with Crippen LogP contribution in [0.4, 0.5) is 0 Å². The van der Waals surface area contributed by atoms with Gasteiger partial charge in [0.25, 0.3) is 0 Å². The van der Waals surface area contributed by atoms with Crippen molar-refractivity contribution in [3.8, 4) is 0 Å². The minimum Gasteiger partial charge on any atom is -0.396 e. The van der Waals surface area contributed by atoms with E-state index in [1.165, 1.54) is 0 Å². The van der Waals surface area contributed by atoms with E-state index in [0.717, 1.165) is 11.4 Å². The van der Waals surface area contributed by atoms with Gasteiger partial charge in [-0.1, -0.05) is 13.8 Å². The molecule has 0 aliphatic carbocycles. The maximum atomic E-state index is 12.7. The quantitative estimate of drug-likeness (QED) is 0.858. The number of likely N-dealkylation sites (tertiary alicyclic amines) is 1. The molecular weight excluding hydrogens is 318 g/mol. The molecule has 2 aromatic heterocycles. The molecule has 0 radical (unpaired) electrons. The summed E-state index contributed by atoms with van der Waals surface area (Å²) in [6, 6.07) is 0. The zero-order valence-electron chi connectivity index (χ0n) is 15.2. The zero-order chi connectivity index (χ0) is 18.0. The summed E-state index contributed by atoms with van der Waals surface area (Å²) in [5.74, 6) is 1.71. The minimum absolute atomic E-state index is 0.0765. The van der Waals surface area contributed by atoms with Crippen LogP contribution in [0.3, 0.4) is 0 Å². The number of carbonyl (C=O) groups excluding carboxylic acids is 1. The van der Waals surface area contributed by atoms with E-state index < -0.39 is 0 Å². The van der Waals surface area contributed by atoms with Gasteiger partial charge in [-0.05, 0) is 5.56 Å². The predicted molar refractivity (Wildman–Crippen MR) is 94.0 cm³/mol. The highest BCUT2D eigenvalue weighted by Crippen LogP contribution is 2.32. The number of aryl methyl sites for hydroxylation is 2. The fraction of sp³-hybridized carbons (Fsp3) is 0.611. The van der Waals surface area contributed by atoms with Crippen LogP contribution in [0.25, 0.3) is 0 Å². The average Bonchev–Trinajstić information content (AvgIpc) is 3.30. The molecule has 136 valence electrons. The zero-order valence-corrected chi connectivity index (χ0v) is 15.2. The standard InChI is InChI=1S/C18H27N5O2/c1-13(2)18-19-5-7-22(18)6-4-17(25)23-10-15(12-24)16(11-23)14-8-20-21(3)9-14/h5,7-9,13,15-16,24H,4,6,10-12H2,1-3H3/t15-,16-/m0/s1. The number of imidazole rings is 1. The number of amides is 1. The van der Waals surface area contributed by atoms with E-state index in [9.17, 15) is 9.90 Å². The van der Waals surface area contributed by atoms with Gasteiger partial charge in [0.1, 0.15) is 5.82 Å². The van der Waals surface area contributed by atoms with Gasteiger partial charge in [-0.15, -0.1) is 0 Å². The Bertz CT molecular complexity index is 721.